The summed E-state index contributed by atoms with van der Waals surface area (Å²) in [6.45, 7) is 6.34. The summed E-state index contributed by atoms with van der Waals surface area (Å²) < 4.78 is 4.59. The lowest BCUT2D eigenvalue weighted by Crippen LogP contribution is -2.06. The van der Waals surface area contributed by atoms with Crippen LogP contribution in [-0.2, 0) is 19.5 Å². The third kappa shape index (κ3) is 2.24. The SMILES string of the molecule is CCCn1cncc1Cn1ccc2cccc(CC)c21. The van der Waals surface area contributed by atoms with Crippen molar-refractivity contribution in [2.45, 2.75) is 39.8 Å². The zero-order valence-electron chi connectivity index (χ0n) is 12.2. The van der Waals surface area contributed by atoms with Gasteiger partial charge in [0.25, 0.3) is 0 Å². The maximum atomic E-state index is 4.29. The van der Waals surface area contributed by atoms with E-state index < -0.39 is 0 Å². The number of imidazole rings is 1. The van der Waals surface area contributed by atoms with Crippen LogP contribution in [0.3, 0.4) is 0 Å². The third-order valence-electron chi connectivity index (χ3n) is 3.85. The van der Waals surface area contributed by atoms with E-state index in [1.807, 2.05) is 12.5 Å². The first-order chi connectivity index (χ1) is 9.83. The Bertz CT molecular complexity index is 706. The van der Waals surface area contributed by atoms with E-state index in [1.54, 1.807) is 0 Å². The smallest absolute Gasteiger partial charge is 0.0948 e. The molecule has 3 nitrogen and oxygen atoms in total. The molecule has 2 heterocycles. The summed E-state index contributed by atoms with van der Waals surface area (Å²) in [6, 6.07) is 8.76. The molecule has 0 fully saturated rings. The molecular formula is C17H21N3. The number of fused-ring (bicyclic) bond motifs is 1. The largest absolute Gasteiger partial charge is 0.341 e. The van der Waals surface area contributed by atoms with E-state index >= 15 is 0 Å². The van der Waals surface area contributed by atoms with Crippen LogP contribution in [0.15, 0.2) is 43.0 Å². The molecule has 0 saturated carbocycles. The van der Waals surface area contributed by atoms with E-state index in [9.17, 15) is 0 Å². The lowest BCUT2D eigenvalue weighted by atomic mass is 10.1. The molecule has 0 N–H and O–H groups in total. The molecule has 0 saturated heterocycles. The molecule has 0 spiro atoms. The minimum atomic E-state index is 0.889. The molecule has 3 rings (SSSR count). The van der Waals surface area contributed by atoms with Crippen LogP contribution in [0.5, 0.6) is 0 Å². The highest BCUT2D eigenvalue weighted by molar-refractivity contribution is 5.83. The second kappa shape index (κ2) is 5.53. The summed E-state index contributed by atoms with van der Waals surface area (Å²) in [7, 11) is 0. The van der Waals surface area contributed by atoms with Crippen molar-refractivity contribution in [1.82, 2.24) is 14.1 Å². The quantitative estimate of drug-likeness (QED) is 0.688. The van der Waals surface area contributed by atoms with Crippen molar-refractivity contribution in [3.63, 3.8) is 0 Å². The first-order valence-electron chi connectivity index (χ1n) is 7.39. The van der Waals surface area contributed by atoms with E-state index in [2.05, 4.69) is 58.4 Å². The number of nitrogens with zero attached hydrogens (tertiary/aromatic N) is 3. The van der Waals surface area contributed by atoms with Crippen molar-refractivity contribution in [2.75, 3.05) is 0 Å². The van der Waals surface area contributed by atoms with Crippen molar-refractivity contribution < 1.29 is 0 Å². The van der Waals surface area contributed by atoms with Gasteiger partial charge in [0.05, 0.1) is 24.1 Å². The Morgan fingerprint density at radius 3 is 2.80 bits per heavy atom. The third-order valence-corrected chi connectivity index (χ3v) is 3.85. The fourth-order valence-electron chi connectivity index (χ4n) is 2.85. The van der Waals surface area contributed by atoms with Gasteiger partial charge in [-0.05, 0) is 29.9 Å². The van der Waals surface area contributed by atoms with Crippen LogP contribution < -0.4 is 0 Å². The average Bonchev–Trinajstić information content (AvgIpc) is 3.07. The molecule has 3 heteroatoms. The van der Waals surface area contributed by atoms with Crippen LogP contribution in [-0.4, -0.2) is 14.1 Å². The van der Waals surface area contributed by atoms with Gasteiger partial charge in [0.2, 0.25) is 0 Å². The predicted octanol–water partition coefficient (Wildman–Crippen LogP) is 3.86. The first kappa shape index (κ1) is 13.0. The van der Waals surface area contributed by atoms with Gasteiger partial charge in [-0.2, -0.15) is 0 Å². The fraction of sp³-hybridized carbons (Fsp3) is 0.353. The number of aromatic nitrogens is 3. The summed E-state index contributed by atoms with van der Waals surface area (Å²) in [4.78, 5) is 4.29. The summed E-state index contributed by atoms with van der Waals surface area (Å²) in [5, 5.41) is 1.32. The van der Waals surface area contributed by atoms with Crippen molar-refractivity contribution in [1.29, 1.82) is 0 Å². The zero-order valence-corrected chi connectivity index (χ0v) is 12.2. The van der Waals surface area contributed by atoms with Crippen molar-refractivity contribution >= 4 is 10.9 Å². The Kier molecular flexibility index (Phi) is 3.59. The number of hydrogen-bond donors (Lipinski definition) is 0. The van der Waals surface area contributed by atoms with Gasteiger partial charge >= 0.3 is 0 Å². The van der Waals surface area contributed by atoms with E-state index in [0.29, 0.717) is 0 Å². The summed E-state index contributed by atoms with van der Waals surface area (Å²) >= 11 is 0. The lowest BCUT2D eigenvalue weighted by Gasteiger charge is -2.11. The molecule has 0 aliphatic rings. The predicted molar refractivity (Wildman–Crippen MR) is 82.9 cm³/mol. The highest BCUT2D eigenvalue weighted by atomic mass is 15.1. The summed E-state index contributed by atoms with van der Waals surface area (Å²) in [5.74, 6) is 0. The molecule has 0 aliphatic heterocycles. The molecular weight excluding hydrogens is 246 g/mol. The molecule has 0 atom stereocenters. The number of rotatable bonds is 5. The Labute approximate surface area is 119 Å². The molecule has 0 bridgehead atoms. The Balaban J connectivity index is 2.00. The lowest BCUT2D eigenvalue weighted by molar-refractivity contribution is 0.628. The summed E-state index contributed by atoms with van der Waals surface area (Å²) in [6.07, 6.45) is 8.31. The Hall–Kier alpha value is -2.03. The second-order valence-electron chi connectivity index (χ2n) is 5.23. The summed E-state index contributed by atoms with van der Waals surface area (Å²) in [5.41, 5.74) is 4.04. The number of hydrogen-bond acceptors (Lipinski definition) is 1. The van der Waals surface area contributed by atoms with Gasteiger partial charge < -0.3 is 9.13 Å². The van der Waals surface area contributed by atoms with E-state index in [4.69, 9.17) is 0 Å². The molecule has 104 valence electrons. The van der Waals surface area contributed by atoms with E-state index in [0.717, 1.165) is 25.9 Å². The maximum Gasteiger partial charge on any atom is 0.0948 e. The van der Waals surface area contributed by atoms with Gasteiger partial charge in [-0.25, -0.2) is 4.98 Å². The van der Waals surface area contributed by atoms with Gasteiger partial charge in [-0.15, -0.1) is 0 Å². The van der Waals surface area contributed by atoms with Crippen molar-refractivity contribution in [3.05, 3.63) is 54.2 Å². The number of para-hydroxylation sites is 1. The minimum Gasteiger partial charge on any atom is -0.341 e. The standard InChI is InChI=1S/C17H21N3/c1-3-9-20-13-18-11-16(20)12-19-10-8-15-7-5-6-14(4-2)17(15)19/h5-8,10-11,13H,3-4,9,12H2,1-2H3. The van der Waals surface area contributed by atoms with Crippen LogP contribution in [0.25, 0.3) is 10.9 Å². The average molecular weight is 267 g/mol. The molecule has 3 aromatic rings. The molecule has 0 unspecified atom stereocenters. The Morgan fingerprint density at radius 1 is 1.10 bits per heavy atom. The Morgan fingerprint density at radius 2 is 2.00 bits per heavy atom. The van der Waals surface area contributed by atoms with Crippen LogP contribution in [0, 0.1) is 0 Å². The minimum absolute atomic E-state index is 0.889. The van der Waals surface area contributed by atoms with Crippen LogP contribution in [0.2, 0.25) is 0 Å². The van der Waals surface area contributed by atoms with Crippen LogP contribution in [0.1, 0.15) is 31.5 Å². The number of aryl methyl sites for hydroxylation is 2. The van der Waals surface area contributed by atoms with Gasteiger partial charge in [-0.3, -0.25) is 0 Å². The zero-order chi connectivity index (χ0) is 13.9. The highest BCUT2D eigenvalue weighted by Gasteiger charge is 2.08. The molecule has 2 aromatic heterocycles. The molecule has 1 aromatic carbocycles. The first-order valence-corrected chi connectivity index (χ1v) is 7.39. The van der Waals surface area contributed by atoms with Crippen molar-refractivity contribution in [3.8, 4) is 0 Å². The maximum absolute atomic E-state index is 4.29. The molecule has 0 aliphatic carbocycles. The van der Waals surface area contributed by atoms with Crippen LogP contribution in [0.4, 0.5) is 0 Å². The fourth-order valence-corrected chi connectivity index (χ4v) is 2.85. The van der Waals surface area contributed by atoms with E-state index in [-0.39, 0.29) is 0 Å². The topological polar surface area (TPSA) is 22.8 Å². The van der Waals surface area contributed by atoms with E-state index in [1.165, 1.54) is 22.2 Å². The van der Waals surface area contributed by atoms with Gasteiger partial charge in [0.1, 0.15) is 0 Å². The monoisotopic (exact) mass is 267 g/mol. The molecule has 0 amide bonds. The molecule has 20 heavy (non-hydrogen) atoms. The van der Waals surface area contributed by atoms with Crippen LogP contribution >= 0.6 is 0 Å². The van der Waals surface area contributed by atoms with Gasteiger partial charge in [0.15, 0.2) is 0 Å². The van der Waals surface area contributed by atoms with Gasteiger partial charge in [-0.1, -0.05) is 32.0 Å². The van der Waals surface area contributed by atoms with Gasteiger partial charge in [0, 0.05) is 18.9 Å². The van der Waals surface area contributed by atoms with Crippen molar-refractivity contribution in [2.24, 2.45) is 0 Å². The molecule has 0 radical (unpaired) electrons. The normalized spacial score (nSPS) is 11.3. The number of benzene rings is 1. The highest BCUT2D eigenvalue weighted by Crippen LogP contribution is 2.22. The second-order valence-corrected chi connectivity index (χ2v) is 5.23.